The van der Waals surface area contributed by atoms with Crippen molar-refractivity contribution in [2.75, 3.05) is 25.0 Å². The zero-order chi connectivity index (χ0) is 13.8. The molecule has 2 rings (SSSR count). The normalized spacial score (nSPS) is 19.2. The Morgan fingerprint density at radius 2 is 2.26 bits per heavy atom. The highest BCUT2D eigenvalue weighted by Gasteiger charge is 2.19. The Hall–Kier alpha value is -1.62. The fourth-order valence-electron chi connectivity index (χ4n) is 2.73. The van der Waals surface area contributed by atoms with Crippen molar-refractivity contribution in [3.63, 3.8) is 0 Å². The second-order valence-electron chi connectivity index (χ2n) is 5.21. The molecule has 1 atom stereocenters. The molecule has 0 radical (unpaired) electrons. The molecule has 1 heterocycles. The minimum absolute atomic E-state index is 0.195. The number of hydrogen-bond acceptors (Lipinski definition) is 4. The predicted molar refractivity (Wildman–Crippen MR) is 76.7 cm³/mol. The van der Waals surface area contributed by atoms with E-state index in [4.69, 9.17) is 0 Å². The van der Waals surface area contributed by atoms with Crippen LogP contribution in [0.5, 0.6) is 0 Å². The third kappa shape index (κ3) is 3.23. The number of nitrogens with one attached hydrogen (secondary N) is 1. The van der Waals surface area contributed by atoms with Crippen LogP contribution in [0.15, 0.2) is 18.2 Å². The molecule has 0 saturated carbocycles. The second kappa shape index (κ2) is 6.02. The van der Waals surface area contributed by atoms with Gasteiger partial charge in [-0.05, 0) is 32.4 Å². The van der Waals surface area contributed by atoms with Crippen LogP contribution in [0.2, 0.25) is 0 Å². The number of likely N-dealkylation sites (N-methyl/N-ethyl adjacent to an activating group) is 1. The zero-order valence-electron chi connectivity index (χ0n) is 11.6. The highest BCUT2D eigenvalue weighted by molar-refractivity contribution is 5.61. The quantitative estimate of drug-likeness (QED) is 0.669. The van der Waals surface area contributed by atoms with E-state index in [1.807, 2.05) is 20.0 Å². The Labute approximate surface area is 113 Å². The Kier molecular flexibility index (Phi) is 4.37. The zero-order valence-corrected chi connectivity index (χ0v) is 11.6. The summed E-state index contributed by atoms with van der Waals surface area (Å²) in [6.07, 6.45) is 3.69. The maximum absolute atomic E-state index is 11.0. The van der Waals surface area contributed by atoms with Crippen molar-refractivity contribution in [3.8, 4) is 0 Å². The number of nitro groups is 1. The summed E-state index contributed by atoms with van der Waals surface area (Å²) in [4.78, 5) is 12.8. The van der Waals surface area contributed by atoms with Gasteiger partial charge in [0.05, 0.1) is 4.92 Å². The smallest absolute Gasteiger partial charge is 0.274 e. The standard InChI is InChI=1S/C14H21N3O2/c1-11-13(7-5-8-14(11)17(18)19)16(2)10-12-6-3-4-9-15-12/h5,7-8,12,15H,3-4,6,9-10H2,1-2H3. The summed E-state index contributed by atoms with van der Waals surface area (Å²) in [7, 11) is 2.00. The average Bonchev–Trinajstić information content (AvgIpc) is 2.39. The molecule has 0 spiro atoms. The molecule has 1 aliphatic heterocycles. The molecule has 1 aliphatic rings. The lowest BCUT2D eigenvalue weighted by Crippen LogP contribution is -2.42. The first-order chi connectivity index (χ1) is 9.09. The third-order valence-corrected chi connectivity index (χ3v) is 3.79. The number of hydrogen-bond donors (Lipinski definition) is 1. The van der Waals surface area contributed by atoms with Crippen LogP contribution in [0.1, 0.15) is 24.8 Å². The SMILES string of the molecule is Cc1c(N(C)CC2CCCCN2)cccc1[N+](=O)[O-]. The van der Waals surface area contributed by atoms with Gasteiger partial charge in [-0.15, -0.1) is 0 Å². The van der Waals surface area contributed by atoms with Crippen LogP contribution in [-0.4, -0.2) is 31.1 Å². The number of nitrogens with zero attached hydrogens (tertiary/aromatic N) is 2. The van der Waals surface area contributed by atoms with Crippen molar-refractivity contribution in [1.29, 1.82) is 0 Å². The largest absolute Gasteiger partial charge is 0.373 e. The second-order valence-corrected chi connectivity index (χ2v) is 5.21. The first-order valence-corrected chi connectivity index (χ1v) is 6.78. The molecular formula is C14H21N3O2. The van der Waals surface area contributed by atoms with E-state index in [-0.39, 0.29) is 10.6 Å². The fraction of sp³-hybridized carbons (Fsp3) is 0.571. The van der Waals surface area contributed by atoms with Crippen molar-refractivity contribution in [2.24, 2.45) is 0 Å². The predicted octanol–water partition coefficient (Wildman–Crippen LogP) is 2.48. The van der Waals surface area contributed by atoms with Gasteiger partial charge in [0.15, 0.2) is 0 Å². The van der Waals surface area contributed by atoms with E-state index in [0.29, 0.717) is 6.04 Å². The summed E-state index contributed by atoms with van der Waals surface area (Å²) >= 11 is 0. The van der Waals surface area contributed by atoms with Gasteiger partial charge >= 0.3 is 0 Å². The van der Waals surface area contributed by atoms with Crippen LogP contribution < -0.4 is 10.2 Å². The van der Waals surface area contributed by atoms with E-state index in [1.54, 1.807) is 12.1 Å². The monoisotopic (exact) mass is 263 g/mol. The van der Waals surface area contributed by atoms with Crippen molar-refractivity contribution < 1.29 is 4.92 Å². The van der Waals surface area contributed by atoms with Crippen molar-refractivity contribution in [2.45, 2.75) is 32.2 Å². The van der Waals surface area contributed by atoms with Gasteiger partial charge in [-0.2, -0.15) is 0 Å². The van der Waals surface area contributed by atoms with Crippen molar-refractivity contribution in [3.05, 3.63) is 33.9 Å². The lowest BCUT2D eigenvalue weighted by Gasteiger charge is -2.30. The van der Waals surface area contributed by atoms with E-state index in [2.05, 4.69) is 10.2 Å². The molecule has 5 nitrogen and oxygen atoms in total. The van der Waals surface area contributed by atoms with Crippen LogP contribution in [0.25, 0.3) is 0 Å². The summed E-state index contributed by atoms with van der Waals surface area (Å²) in [5, 5.41) is 14.5. The van der Waals surface area contributed by atoms with Gasteiger partial charge in [-0.3, -0.25) is 10.1 Å². The number of piperidine rings is 1. The van der Waals surface area contributed by atoms with Gasteiger partial charge in [-0.1, -0.05) is 12.5 Å². The number of nitro benzene ring substituents is 1. The van der Waals surface area contributed by atoms with Gasteiger partial charge in [0, 0.05) is 37.0 Å². The highest BCUT2D eigenvalue weighted by Crippen LogP contribution is 2.27. The van der Waals surface area contributed by atoms with Gasteiger partial charge < -0.3 is 10.2 Å². The Balaban J connectivity index is 2.12. The molecular weight excluding hydrogens is 242 g/mol. The topological polar surface area (TPSA) is 58.4 Å². The van der Waals surface area contributed by atoms with Crippen LogP contribution in [0.4, 0.5) is 11.4 Å². The van der Waals surface area contributed by atoms with Gasteiger partial charge in [0.1, 0.15) is 0 Å². The summed E-state index contributed by atoms with van der Waals surface area (Å²) in [5.41, 5.74) is 1.88. The number of rotatable bonds is 4. The maximum Gasteiger partial charge on any atom is 0.274 e. The van der Waals surface area contributed by atoms with Crippen molar-refractivity contribution >= 4 is 11.4 Å². The summed E-state index contributed by atoms with van der Waals surface area (Å²) in [6.45, 7) is 3.78. The fourth-order valence-corrected chi connectivity index (χ4v) is 2.73. The molecule has 1 aromatic rings. The summed E-state index contributed by atoms with van der Waals surface area (Å²) < 4.78 is 0. The third-order valence-electron chi connectivity index (χ3n) is 3.79. The lowest BCUT2D eigenvalue weighted by atomic mass is 10.0. The Morgan fingerprint density at radius 3 is 2.89 bits per heavy atom. The number of anilines is 1. The van der Waals surface area contributed by atoms with Crippen LogP contribution in [0.3, 0.4) is 0 Å². The van der Waals surface area contributed by atoms with Gasteiger partial charge in [-0.25, -0.2) is 0 Å². The Morgan fingerprint density at radius 1 is 1.47 bits per heavy atom. The molecule has 5 heteroatoms. The van der Waals surface area contributed by atoms with E-state index >= 15 is 0 Å². The molecule has 1 fully saturated rings. The van der Waals surface area contributed by atoms with E-state index < -0.39 is 0 Å². The summed E-state index contributed by atoms with van der Waals surface area (Å²) in [5.74, 6) is 0. The molecule has 0 aromatic heterocycles. The minimum atomic E-state index is -0.314. The van der Waals surface area contributed by atoms with Crippen LogP contribution in [0, 0.1) is 17.0 Å². The molecule has 1 unspecified atom stereocenters. The van der Waals surface area contributed by atoms with Crippen LogP contribution >= 0.6 is 0 Å². The first kappa shape index (κ1) is 13.8. The Bertz CT molecular complexity index is 456. The minimum Gasteiger partial charge on any atom is -0.373 e. The molecule has 1 N–H and O–H groups in total. The number of benzene rings is 1. The maximum atomic E-state index is 11.0. The molecule has 104 valence electrons. The van der Waals surface area contributed by atoms with Crippen molar-refractivity contribution in [1.82, 2.24) is 5.32 Å². The lowest BCUT2D eigenvalue weighted by molar-refractivity contribution is -0.385. The van der Waals surface area contributed by atoms with Gasteiger partial charge in [0.25, 0.3) is 5.69 Å². The van der Waals surface area contributed by atoms with Gasteiger partial charge in [0.2, 0.25) is 0 Å². The molecule has 19 heavy (non-hydrogen) atoms. The molecule has 0 amide bonds. The molecule has 1 aromatic carbocycles. The van der Waals surface area contributed by atoms with E-state index in [1.165, 1.54) is 19.3 Å². The van der Waals surface area contributed by atoms with E-state index in [0.717, 1.165) is 24.3 Å². The molecule has 0 bridgehead atoms. The van der Waals surface area contributed by atoms with E-state index in [9.17, 15) is 10.1 Å². The molecule has 1 saturated heterocycles. The average molecular weight is 263 g/mol. The summed E-state index contributed by atoms with van der Waals surface area (Å²) in [6, 6.07) is 5.75. The van der Waals surface area contributed by atoms with Crippen LogP contribution in [-0.2, 0) is 0 Å². The first-order valence-electron chi connectivity index (χ1n) is 6.78. The highest BCUT2D eigenvalue weighted by atomic mass is 16.6. The molecule has 0 aliphatic carbocycles.